The third-order valence-electron chi connectivity index (χ3n) is 2.47. The summed E-state index contributed by atoms with van der Waals surface area (Å²) in [5, 5.41) is 0. The smallest absolute Gasteiger partial charge is 0.295 e. The van der Waals surface area contributed by atoms with Crippen LogP contribution < -0.4 is 11.2 Å². The number of halogens is 1. The second kappa shape index (κ2) is 2.95. The van der Waals surface area contributed by atoms with Gasteiger partial charge in [-0.3, -0.25) is 13.9 Å². The highest BCUT2D eigenvalue weighted by Crippen LogP contribution is 2.27. The first-order valence-corrected chi connectivity index (χ1v) is 4.98. The van der Waals surface area contributed by atoms with E-state index in [1.54, 1.807) is 7.05 Å². The maximum Gasteiger partial charge on any atom is 0.330 e. The van der Waals surface area contributed by atoms with Crippen LogP contribution in [0.3, 0.4) is 0 Å². The Morgan fingerprint density at radius 2 is 1.93 bits per heavy atom. The van der Waals surface area contributed by atoms with E-state index in [9.17, 15) is 9.59 Å². The van der Waals surface area contributed by atoms with Gasteiger partial charge >= 0.3 is 5.69 Å². The van der Waals surface area contributed by atoms with E-state index in [4.69, 9.17) is 0 Å². The van der Waals surface area contributed by atoms with E-state index >= 15 is 0 Å². The number of fused-ring (bicyclic) bond motifs is 1. The summed E-state index contributed by atoms with van der Waals surface area (Å²) in [5.41, 5.74) is 0.898. The molecule has 0 aromatic carbocycles. The van der Waals surface area contributed by atoms with Crippen LogP contribution in [0, 0.1) is 0 Å². The topological polar surface area (TPSA) is 44.0 Å². The van der Waals surface area contributed by atoms with E-state index in [1.807, 2.05) is 6.08 Å². The van der Waals surface area contributed by atoms with E-state index in [1.165, 1.54) is 11.6 Å². The molecule has 0 unspecified atom stereocenters. The number of nitrogens with zero attached hydrogens (tertiary/aromatic N) is 2. The quantitative estimate of drug-likeness (QED) is 0.674. The van der Waals surface area contributed by atoms with E-state index in [0.717, 1.165) is 9.05 Å². The molecule has 2 rings (SSSR count). The van der Waals surface area contributed by atoms with Crippen LogP contribution in [-0.2, 0) is 20.5 Å². The second-order valence-electron chi connectivity index (χ2n) is 3.29. The van der Waals surface area contributed by atoms with Crippen LogP contribution in [0.2, 0.25) is 0 Å². The Hall–Kier alpha value is -1.10. The molecule has 0 fully saturated rings. The van der Waals surface area contributed by atoms with Crippen molar-refractivity contribution in [3.63, 3.8) is 0 Å². The summed E-state index contributed by atoms with van der Waals surface area (Å²) in [6, 6.07) is 0. The van der Waals surface area contributed by atoms with Gasteiger partial charge in [0.15, 0.2) is 0 Å². The van der Waals surface area contributed by atoms with Gasteiger partial charge in [-0.25, -0.2) is 4.79 Å². The second-order valence-corrected chi connectivity index (χ2v) is 4.14. The first kappa shape index (κ1) is 9.45. The molecule has 0 spiro atoms. The monoisotopic (exact) mass is 256 g/mol. The summed E-state index contributed by atoms with van der Waals surface area (Å²) in [6.07, 6.45) is 2.49. The largest absolute Gasteiger partial charge is 0.330 e. The first-order chi connectivity index (χ1) is 6.54. The third kappa shape index (κ3) is 1.05. The average molecular weight is 257 g/mol. The minimum absolute atomic E-state index is 0.200. The molecule has 5 heteroatoms. The standard InChI is InChI=1S/C9H9BrN2O2/c1-11-7-5(3-4-6(7)10)8(13)12(2)9(11)14/h4H,3H2,1-2H3. The van der Waals surface area contributed by atoms with Gasteiger partial charge in [0, 0.05) is 24.1 Å². The molecule has 0 atom stereocenters. The highest BCUT2D eigenvalue weighted by molar-refractivity contribution is 9.15. The maximum atomic E-state index is 11.7. The van der Waals surface area contributed by atoms with Gasteiger partial charge in [-0.15, -0.1) is 0 Å². The molecule has 0 bridgehead atoms. The Kier molecular flexibility index (Phi) is 1.99. The van der Waals surface area contributed by atoms with Crippen molar-refractivity contribution < 1.29 is 0 Å². The highest BCUT2D eigenvalue weighted by Gasteiger charge is 2.20. The summed E-state index contributed by atoms with van der Waals surface area (Å²) in [6.45, 7) is 0. The number of hydrogen-bond acceptors (Lipinski definition) is 2. The number of hydrogen-bond donors (Lipinski definition) is 0. The summed E-state index contributed by atoms with van der Waals surface area (Å²) in [7, 11) is 3.16. The van der Waals surface area contributed by atoms with Crippen molar-refractivity contribution in [2.45, 2.75) is 6.42 Å². The molecule has 1 heterocycles. The summed E-state index contributed by atoms with van der Waals surface area (Å²) in [4.78, 5) is 23.2. The van der Waals surface area contributed by atoms with Gasteiger partial charge in [0.1, 0.15) is 0 Å². The third-order valence-corrected chi connectivity index (χ3v) is 3.17. The minimum Gasteiger partial charge on any atom is -0.295 e. The van der Waals surface area contributed by atoms with Crippen molar-refractivity contribution in [3.05, 3.63) is 38.2 Å². The van der Waals surface area contributed by atoms with Gasteiger partial charge < -0.3 is 0 Å². The van der Waals surface area contributed by atoms with E-state index < -0.39 is 0 Å². The Morgan fingerprint density at radius 3 is 2.57 bits per heavy atom. The molecule has 1 aliphatic rings. The molecule has 1 aromatic rings. The lowest BCUT2D eigenvalue weighted by atomic mass is 10.2. The van der Waals surface area contributed by atoms with Gasteiger partial charge in [0.05, 0.1) is 5.69 Å². The highest BCUT2D eigenvalue weighted by atomic mass is 79.9. The van der Waals surface area contributed by atoms with E-state index in [0.29, 0.717) is 17.7 Å². The normalized spacial score (nSPS) is 14.1. The molecule has 14 heavy (non-hydrogen) atoms. The van der Waals surface area contributed by atoms with Crippen molar-refractivity contribution >= 4 is 20.4 Å². The molecule has 0 N–H and O–H groups in total. The van der Waals surface area contributed by atoms with Crippen molar-refractivity contribution in [2.24, 2.45) is 14.1 Å². The van der Waals surface area contributed by atoms with Crippen molar-refractivity contribution in [2.75, 3.05) is 0 Å². The Bertz CT molecular complexity index is 551. The molecular weight excluding hydrogens is 248 g/mol. The van der Waals surface area contributed by atoms with Crippen LogP contribution in [0.25, 0.3) is 4.48 Å². The lowest BCUT2D eigenvalue weighted by molar-refractivity contribution is 0.670. The van der Waals surface area contributed by atoms with Crippen LogP contribution >= 0.6 is 15.9 Å². The van der Waals surface area contributed by atoms with Gasteiger partial charge in [0.2, 0.25) is 0 Å². The van der Waals surface area contributed by atoms with Crippen molar-refractivity contribution in [1.29, 1.82) is 0 Å². The van der Waals surface area contributed by atoms with Crippen LogP contribution in [0.15, 0.2) is 15.7 Å². The SMILES string of the molecule is Cn1c2c(c(=O)n(C)c1=O)CC=C2Br. The van der Waals surface area contributed by atoms with Gasteiger partial charge in [-0.1, -0.05) is 6.08 Å². The molecule has 0 radical (unpaired) electrons. The fourth-order valence-electron chi connectivity index (χ4n) is 1.69. The fraction of sp³-hybridized carbons (Fsp3) is 0.333. The Labute approximate surface area is 88.6 Å². The van der Waals surface area contributed by atoms with Crippen LogP contribution in [0.4, 0.5) is 0 Å². The minimum atomic E-state index is -0.291. The van der Waals surface area contributed by atoms with Gasteiger partial charge in [-0.2, -0.15) is 0 Å². The maximum absolute atomic E-state index is 11.7. The molecule has 1 aromatic heterocycles. The number of aromatic nitrogens is 2. The molecule has 74 valence electrons. The molecule has 4 nitrogen and oxygen atoms in total. The van der Waals surface area contributed by atoms with Crippen LogP contribution in [-0.4, -0.2) is 9.13 Å². The summed E-state index contributed by atoms with van der Waals surface area (Å²) in [5.74, 6) is 0. The fourth-order valence-corrected chi connectivity index (χ4v) is 2.36. The zero-order valence-electron chi connectivity index (χ0n) is 7.87. The predicted octanol–water partition coefficient (Wildman–Crippen LogP) is 0.376. The number of allylic oxidation sites excluding steroid dienone is 1. The average Bonchev–Trinajstić information content (AvgIpc) is 2.54. The van der Waals surface area contributed by atoms with Gasteiger partial charge in [-0.05, 0) is 22.4 Å². The zero-order chi connectivity index (χ0) is 10.5. The number of rotatable bonds is 0. The molecule has 0 saturated heterocycles. The lowest BCUT2D eigenvalue weighted by Gasteiger charge is -2.08. The summed E-state index contributed by atoms with van der Waals surface area (Å²) < 4.78 is 3.45. The molecule has 0 aliphatic heterocycles. The van der Waals surface area contributed by atoms with Crippen molar-refractivity contribution in [3.8, 4) is 0 Å². The molecular formula is C9H9BrN2O2. The zero-order valence-corrected chi connectivity index (χ0v) is 9.46. The predicted molar refractivity (Wildman–Crippen MR) is 57.5 cm³/mol. The Morgan fingerprint density at radius 1 is 1.29 bits per heavy atom. The molecule has 0 saturated carbocycles. The Balaban J connectivity index is 2.98. The van der Waals surface area contributed by atoms with Crippen LogP contribution in [0.5, 0.6) is 0 Å². The van der Waals surface area contributed by atoms with Gasteiger partial charge in [0.25, 0.3) is 5.56 Å². The van der Waals surface area contributed by atoms with Crippen molar-refractivity contribution in [1.82, 2.24) is 9.13 Å². The van der Waals surface area contributed by atoms with E-state index in [-0.39, 0.29) is 11.2 Å². The molecule has 0 amide bonds. The van der Waals surface area contributed by atoms with Crippen LogP contribution in [0.1, 0.15) is 11.3 Å². The molecule has 1 aliphatic carbocycles. The lowest BCUT2D eigenvalue weighted by Crippen LogP contribution is -2.39. The summed E-state index contributed by atoms with van der Waals surface area (Å²) >= 11 is 3.33. The first-order valence-electron chi connectivity index (χ1n) is 4.19. The van der Waals surface area contributed by atoms with E-state index in [2.05, 4.69) is 15.9 Å².